The van der Waals surface area contributed by atoms with Gasteiger partial charge in [0.05, 0.1) is 26.4 Å². The van der Waals surface area contributed by atoms with Gasteiger partial charge in [0.2, 0.25) is 0 Å². The van der Waals surface area contributed by atoms with Crippen LogP contribution in [0.5, 0.6) is 0 Å². The van der Waals surface area contributed by atoms with Crippen molar-refractivity contribution in [2.75, 3.05) is 39.6 Å². The van der Waals surface area contributed by atoms with E-state index in [1.165, 1.54) is 141 Å². The van der Waals surface area contributed by atoms with E-state index < -0.39 is 97.5 Å². The Morgan fingerprint density at radius 1 is 0.315 bits per heavy atom. The lowest BCUT2D eigenvalue weighted by molar-refractivity contribution is -0.161. The fraction of sp³-hybridized carbons (Fsp3) is 0.943. The molecule has 0 saturated heterocycles. The number of carbonyl (C=O) groups is 4. The highest BCUT2D eigenvalue weighted by Crippen LogP contribution is 2.45. The van der Waals surface area contributed by atoms with Crippen molar-refractivity contribution in [1.29, 1.82) is 0 Å². The third-order valence-electron chi connectivity index (χ3n) is 16.8. The van der Waals surface area contributed by atoms with Gasteiger partial charge in [-0.05, 0) is 49.4 Å². The average Bonchev–Trinajstić information content (AvgIpc) is 3.52. The van der Waals surface area contributed by atoms with Crippen LogP contribution >= 0.6 is 15.6 Å². The summed E-state index contributed by atoms with van der Waals surface area (Å²) in [6, 6.07) is 0. The Bertz CT molecular complexity index is 1770. The fourth-order valence-electron chi connectivity index (χ4n) is 10.4. The van der Waals surface area contributed by atoms with Crippen LogP contribution in [0.15, 0.2) is 0 Å². The third-order valence-corrected chi connectivity index (χ3v) is 18.7. The minimum absolute atomic E-state index is 0.104. The Morgan fingerprint density at radius 2 is 0.539 bits per heavy atom. The van der Waals surface area contributed by atoms with Crippen molar-refractivity contribution in [2.24, 2.45) is 23.7 Å². The van der Waals surface area contributed by atoms with Crippen molar-refractivity contribution in [3.63, 3.8) is 0 Å². The quantitative estimate of drug-likeness (QED) is 0.0222. The Labute approximate surface area is 543 Å². The Balaban J connectivity index is 5.27. The number of rotatable bonds is 67. The van der Waals surface area contributed by atoms with E-state index in [0.717, 1.165) is 120 Å². The number of aliphatic hydroxyl groups excluding tert-OH is 1. The molecule has 0 aromatic carbocycles. The first-order valence-electron chi connectivity index (χ1n) is 36.3. The lowest BCUT2D eigenvalue weighted by atomic mass is 9.99. The van der Waals surface area contributed by atoms with Crippen molar-refractivity contribution >= 4 is 39.5 Å². The second-order valence-corrected chi connectivity index (χ2v) is 29.6. The minimum Gasteiger partial charge on any atom is -0.462 e. The van der Waals surface area contributed by atoms with Crippen LogP contribution in [0.2, 0.25) is 0 Å². The van der Waals surface area contributed by atoms with Gasteiger partial charge in [0.25, 0.3) is 0 Å². The van der Waals surface area contributed by atoms with Gasteiger partial charge in [-0.3, -0.25) is 37.3 Å². The molecular formula is C70H136O17P2. The molecule has 0 aliphatic carbocycles. The van der Waals surface area contributed by atoms with Crippen molar-refractivity contribution in [1.82, 2.24) is 0 Å². The van der Waals surface area contributed by atoms with Gasteiger partial charge in [-0.25, -0.2) is 9.13 Å². The summed E-state index contributed by atoms with van der Waals surface area (Å²) in [4.78, 5) is 72.5. The molecule has 89 heavy (non-hydrogen) atoms. The summed E-state index contributed by atoms with van der Waals surface area (Å²) >= 11 is 0. The first-order valence-corrected chi connectivity index (χ1v) is 39.3. The molecule has 0 fully saturated rings. The van der Waals surface area contributed by atoms with Gasteiger partial charge in [-0.1, -0.05) is 293 Å². The smallest absolute Gasteiger partial charge is 0.462 e. The second kappa shape index (κ2) is 59.8. The maximum absolute atomic E-state index is 13.0. The Morgan fingerprint density at radius 3 is 0.798 bits per heavy atom. The van der Waals surface area contributed by atoms with Crippen LogP contribution in [0.1, 0.15) is 344 Å². The van der Waals surface area contributed by atoms with Gasteiger partial charge in [0.15, 0.2) is 12.2 Å². The summed E-state index contributed by atoms with van der Waals surface area (Å²) in [6.45, 7) is 14.1. The molecule has 0 saturated carbocycles. The van der Waals surface area contributed by atoms with E-state index in [0.29, 0.717) is 25.7 Å². The molecule has 0 aromatic rings. The van der Waals surface area contributed by atoms with Crippen molar-refractivity contribution in [2.45, 2.75) is 363 Å². The number of carbonyl (C=O) groups excluding carboxylic acids is 4. The van der Waals surface area contributed by atoms with Crippen molar-refractivity contribution in [3.05, 3.63) is 0 Å². The number of phosphoric ester groups is 2. The Hall–Kier alpha value is -1.94. The van der Waals surface area contributed by atoms with Crippen molar-refractivity contribution < 1.29 is 80.2 Å². The summed E-state index contributed by atoms with van der Waals surface area (Å²) in [5.41, 5.74) is 0. The van der Waals surface area contributed by atoms with E-state index in [-0.39, 0.29) is 25.7 Å². The molecule has 528 valence electrons. The Kier molecular flexibility index (Phi) is 58.5. The molecule has 0 heterocycles. The third kappa shape index (κ3) is 62.0. The standard InChI is InChI=1S/C70H136O17P2/c1-9-62(7)48-40-32-24-18-12-14-19-25-34-42-50-67(72)80-56-65(86-69(74)52-44-36-26-20-13-11-16-22-30-38-46-60(3)4)58-84-88(76,77)82-54-64(71)55-83-89(78,79)85-59-66(57-81-68(73)51-43-35-29-28-33-41-49-63(8)10-2)87-70(75)53-45-37-27-21-15-17-23-31-39-47-61(5)6/h60-66,71H,9-59H2,1-8H3,(H,76,77)(H,78,79)/t62?,63?,64-,65-,66-/m1/s1. The summed E-state index contributed by atoms with van der Waals surface area (Å²) < 4.78 is 68.3. The van der Waals surface area contributed by atoms with E-state index in [1.54, 1.807) is 0 Å². The number of esters is 4. The highest BCUT2D eigenvalue weighted by atomic mass is 31.2. The fourth-order valence-corrected chi connectivity index (χ4v) is 12.0. The summed E-state index contributed by atoms with van der Waals surface area (Å²) in [7, 11) is -9.90. The van der Waals surface area contributed by atoms with Gasteiger partial charge >= 0.3 is 39.5 Å². The predicted octanol–water partition coefficient (Wildman–Crippen LogP) is 19.7. The van der Waals surface area contributed by atoms with E-state index in [4.69, 9.17) is 37.0 Å². The lowest BCUT2D eigenvalue weighted by Crippen LogP contribution is -2.30. The highest BCUT2D eigenvalue weighted by molar-refractivity contribution is 7.47. The maximum Gasteiger partial charge on any atom is 0.472 e. The second-order valence-electron chi connectivity index (χ2n) is 26.7. The normalized spacial score (nSPS) is 14.9. The lowest BCUT2D eigenvalue weighted by Gasteiger charge is -2.21. The highest BCUT2D eigenvalue weighted by Gasteiger charge is 2.30. The number of hydrogen-bond acceptors (Lipinski definition) is 15. The maximum atomic E-state index is 13.0. The van der Waals surface area contributed by atoms with Crippen LogP contribution in [-0.2, 0) is 65.4 Å². The largest absolute Gasteiger partial charge is 0.472 e. The molecule has 0 aliphatic rings. The summed E-state index contributed by atoms with van der Waals surface area (Å²) in [5, 5.41) is 10.6. The zero-order chi connectivity index (χ0) is 66.1. The van der Waals surface area contributed by atoms with Crippen LogP contribution in [-0.4, -0.2) is 96.7 Å². The molecular weight excluding hydrogens is 1170 g/mol. The molecule has 7 atom stereocenters. The zero-order valence-electron chi connectivity index (χ0n) is 58.1. The molecule has 4 unspecified atom stereocenters. The molecule has 0 aliphatic heterocycles. The number of hydrogen-bond donors (Lipinski definition) is 3. The van der Waals surface area contributed by atoms with E-state index in [9.17, 15) is 43.2 Å². The monoisotopic (exact) mass is 1310 g/mol. The topological polar surface area (TPSA) is 237 Å². The van der Waals surface area contributed by atoms with Crippen LogP contribution in [0.3, 0.4) is 0 Å². The number of aliphatic hydroxyl groups is 1. The summed E-state index contributed by atoms with van der Waals surface area (Å²) in [6.07, 6.45) is 41.6. The first-order chi connectivity index (χ1) is 42.7. The predicted molar refractivity (Wildman–Crippen MR) is 358 cm³/mol. The molecule has 3 N–H and O–H groups in total. The molecule has 17 nitrogen and oxygen atoms in total. The molecule has 0 amide bonds. The van der Waals surface area contributed by atoms with Gasteiger partial charge < -0.3 is 33.8 Å². The minimum atomic E-state index is -4.95. The van der Waals surface area contributed by atoms with Gasteiger partial charge in [-0.15, -0.1) is 0 Å². The molecule has 0 radical (unpaired) electrons. The van der Waals surface area contributed by atoms with Crippen LogP contribution in [0, 0.1) is 23.7 Å². The molecule has 19 heteroatoms. The molecule has 0 aromatic heterocycles. The molecule has 0 bridgehead atoms. The van der Waals surface area contributed by atoms with Crippen molar-refractivity contribution in [3.8, 4) is 0 Å². The van der Waals surface area contributed by atoms with Gasteiger partial charge in [-0.2, -0.15) is 0 Å². The van der Waals surface area contributed by atoms with E-state index in [2.05, 4.69) is 55.4 Å². The van der Waals surface area contributed by atoms with E-state index in [1.807, 2.05) is 0 Å². The van der Waals surface area contributed by atoms with Crippen LogP contribution in [0.4, 0.5) is 0 Å². The first kappa shape index (κ1) is 87.1. The number of phosphoric acid groups is 2. The van der Waals surface area contributed by atoms with Gasteiger partial charge in [0.1, 0.15) is 19.3 Å². The molecule has 0 rings (SSSR count). The average molecular weight is 1310 g/mol. The molecule has 0 spiro atoms. The number of unbranched alkanes of at least 4 members (excludes halogenated alkanes) is 31. The zero-order valence-corrected chi connectivity index (χ0v) is 59.8. The summed E-state index contributed by atoms with van der Waals surface area (Å²) in [5.74, 6) is 0.898. The number of ether oxygens (including phenoxy) is 4. The van der Waals surface area contributed by atoms with Crippen LogP contribution < -0.4 is 0 Å². The van der Waals surface area contributed by atoms with Gasteiger partial charge in [0, 0.05) is 25.7 Å². The van der Waals surface area contributed by atoms with Crippen LogP contribution in [0.25, 0.3) is 0 Å². The SMILES string of the molecule is CCC(C)CCCCCCCCCCCCC(=O)OC[C@H](COP(=O)(O)OC[C@@H](O)COP(=O)(O)OC[C@@H](COC(=O)CCCCCCCCC(C)CC)OC(=O)CCCCCCCCCCCC(C)C)OC(=O)CCCCCCCCCCCCC(C)C. The van der Waals surface area contributed by atoms with E-state index >= 15 is 0 Å².